The number of nitrogens with zero attached hydrogens (tertiary/aromatic N) is 1. The molecule has 0 bridgehead atoms. The Hall–Kier alpha value is -3.46. The molecule has 3 aromatic rings. The third-order valence-electron chi connectivity index (χ3n) is 6.19. The first-order valence-corrected chi connectivity index (χ1v) is 13.2. The van der Waals surface area contributed by atoms with Gasteiger partial charge in [0.15, 0.2) is 0 Å². The van der Waals surface area contributed by atoms with Crippen LogP contribution < -0.4 is 5.48 Å². The molecule has 0 saturated carbocycles. The molecule has 38 heavy (non-hydrogen) atoms. The number of hydrogen-bond acceptors (Lipinski definition) is 6. The van der Waals surface area contributed by atoms with E-state index in [1.165, 1.54) is 17.0 Å². The number of para-hydroxylation sites is 1. The Kier molecular flexibility index (Phi) is 12.0. The van der Waals surface area contributed by atoms with Crippen LogP contribution >= 0.6 is 0 Å². The van der Waals surface area contributed by atoms with E-state index in [0.29, 0.717) is 32.7 Å². The van der Waals surface area contributed by atoms with E-state index in [9.17, 15) is 9.59 Å². The zero-order valence-corrected chi connectivity index (χ0v) is 22.3. The van der Waals surface area contributed by atoms with Crippen LogP contribution in [0.5, 0.6) is 0 Å². The molecule has 0 fully saturated rings. The van der Waals surface area contributed by atoms with Crippen molar-refractivity contribution in [2.24, 2.45) is 0 Å². The van der Waals surface area contributed by atoms with E-state index in [0.717, 1.165) is 42.5 Å². The summed E-state index contributed by atoms with van der Waals surface area (Å²) in [6, 6.07) is 16.2. The second-order valence-electron chi connectivity index (χ2n) is 9.53. The predicted octanol–water partition coefficient (Wildman–Crippen LogP) is 4.87. The van der Waals surface area contributed by atoms with E-state index in [1.807, 2.05) is 50.2 Å². The van der Waals surface area contributed by atoms with Crippen LogP contribution in [-0.4, -0.2) is 59.4 Å². The highest BCUT2D eigenvalue weighted by atomic mass is 16.5. The van der Waals surface area contributed by atoms with Crippen molar-refractivity contribution in [3.8, 4) is 0 Å². The van der Waals surface area contributed by atoms with Crippen LogP contribution in [0.4, 0.5) is 0 Å². The van der Waals surface area contributed by atoms with Crippen molar-refractivity contribution in [3.63, 3.8) is 0 Å². The van der Waals surface area contributed by atoms with Gasteiger partial charge in [-0.3, -0.25) is 19.7 Å². The Morgan fingerprint density at radius 2 is 1.84 bits per heavy atom. The molecule has 0 atom stereocenters. The summed E-state index contributed by atoms with van der Waals surface area (Å²) >= 11 is 0. The summed E-state index contributed by atoms with van der Waals surface area (Å²) in [5.74, 6) is -0.745. The topological polar surface area (TPSA) is 104 Å². The number of aromatic nitrogens is 1. The van der Waals surface area contributed by atoms with Gasteiger partial charge in [-0.05, 0) is 61.9 Å². The molecule has 1 amide bonds. The number of hydrogen-bond donors (Lipinski definition) is 3. The maximum absolute atomic E-state index is 12.2. The smallest absolute Gasteiger partial charge is 0.305 e. The fourth-order valence-corrected chi connectivity index (χ4v) is 4.14. The van der Waals surface area contributed by atoms with Gasteiger partial charge in [0.05, 0.1) is 6.10 Å². The summed E-state index contributed by atoms with van der Waals surface area (Å²) in [5.41, 5.74) is 5.94. The minimum Gasteiger partial charge on any atom is -0.464 e. The van der Waals surface area contributed by atoms with Crippen LogP contribution in [-0.2, 0) is 32.0 Å². The molecule has 0 aliphatic rings. The van der Waals surface area contributed by atoms with Crippen LogP contribution in [0.25, 0.3) is 17.0 Å². The number of amides is 1. The van der Waals surface area contributed by atoms with Crippen LogP contribution in [0.1, 0.15) is 49.8 Å². The Labute approximate surface area is 224 Å². The summed E-state index contributed by atoms with van der Waals surface area (Å²) in [6.07, 6.45) is 8.06. The molecule has 0 radical (unpaired) electrons. The quantitative estimate of drug-likeness (QED) is 0.0817. The molecule has 1 aromatic heterocycles. The molecule has 8 nitrogen and oxygen atoms in total. The number of ether oxygens (including phenoxy) is 2. The molecule has 8 heteroatoms. The van der Waals surface area contributed by atoms with Gasteiger partial charge in [-0.15, -0.1) is 0 Å². The van der Waals surface area contributed by atoms with Gasteiger partial charge in [-0.25, -0.2) is 5.48 Å². The number of carbonyl (C=O) groups is 2. The van der Waals surface area contributed by atoms with Crippen LogP contribution in [0.15, 0.2) is 60.8 Å². The monoisotopic (exact) mass is 521 g/mol. The Bertz CT molecular complexity index is 1170. The van der Waals surface area contributed by atoms with Gasteiger partial charge in [-0.1, -0.05) is 42.5 Å². The Morgan fingerprint density at radius 1 is 1.05 bits per heavy atom. The number of nitrogens with one attached hydrogen (secondary N) is 2. The normalized spacial score (nSPS) is 11.6. The number of esters is 1. The third-order valence-corrected chi connectivity index (χ3v) is 6.19. The second kappa shape index (κ2) is 15.7. The van der Waals surface area contributed by atoms with E-state index < -0.39 is 5.91 Å². The summed E-state index contributed by atoms with van der Waals surface area (Å²) in [4.78, 5) is 29.0. The standard InChI is InChI=1S/C30H39N3O5/c1-23(2)37-19-6-5-9-30(35)38-20-18-33(17-16-26-21-31-28-8-4-3-7-27(26)28)22-25-12-10-24(11-13-25)14-15-29(34)32-36/h3-4,7-8,10-15,21,23,31,36H,5-6,9,16-20,22H2,1-2H3,(H,32,34)/b15-14+. The van der Waals surface area contributed by atoms with Crippen LogP contribution in [0.2, 0.25) is 0 Å². The molecule has 0 saturated heterocycles. The minimum absolute atomic E-state index is 0.172. The van der Waals surface area contributed by atoms with Crippen molar-refractivity contribution in [2.45, 2.75) is 52.2 Å². The zero-order chi connectivity index (χ0) is 27.2. The Balaban J connectivity index is 1.54. The highest BCUT2D eigenvalue weighted by Crippen LogP contribution is 2.19. The molecule has 0 unspecified atom stereocenters. The maximum Gasteiger partial charge on any atom is 0.305 e. The second-order valence-corrected chi connectivity index (χ2v) is 9.53. The molecule has 0 aliphatic carbocycles. The zero-order valence-electron chi connectivity index (χ0n) is 22.3. The number of benzene rings is 2. The summed E-state index contributed by atoms with van der Waals surface area (Å²) in [5, 5.41) is 9.85. The average Bonchev–Trinajstić information content (AvgIpc) is 3.33. The van der Waals surface area contributed by atoms with Gasteiger partial charge in [0.1, 0.15) is 6.61 Å². The van der Waals surface area contributed by atoms with Crippen molar-refractivity contribution >= 4 is 28.9 Å². The van der Waals surface area contributed by atoms with Gasteiger partial charge in [0.2, 0.25) is 0 Å². The number of carbonyl (C=O) groups excluding carboxylic acids is 2. The molecule has 3 rings (SSSR count). The highest BCUT2D eigenvalue weighted by molar-refractivity contribution is 5.90. The lowest BCUT2D eigenvalue weighted by atomic mass is 10.1. The van der Waals surface area contributed by atoms with Gasteiger partial charge in [0, 0.05) is 55.8 Å². The largest absolute Gasteiger partial charge is 0.464 e. The molecule has 1 heterocycles. The summed E-state index contributed by atoms with van der Waals surface area (Å²) in [6.45, 7) is 7.15. The van der Waals surface area contributed by atoms with Gasteiger partial charge >= 0.3 is 5.97 Å². The summed E-state index contributed by atoms with van der Waals surface area (Å²) < 4.78 is 11.1. The predicted molar refractivity (Wildman–Crippen MR) is 149 cm³/mol. The molecular weight excluding hydrogens is 482 g/mol. The van der Waals surface area contributed by atoms with E-state index >= 15 is 0 Å². The van der Waals surface area contributed by atoms with E-state index in [2.05, 4.69) is 28.2 Å². The van der Waals surface area contributed by atoms with Crippen molar-refractivity contribution in [3.05, 3.63) is 77.5 Å². The number of H-pyrrole nitrogens is 1. The number of hydroxylamine groups is 1. The third kappa shape index (κ3) is 10.1. The van der Waals surface area contributed by atoms with Crippen molar-refractivity contribution in [1.29, 1.82) is 0 Å². The first-order valence-electron chi connectivity index (χ1n) is 13.2. The SMILES string of the molecule is CC(C)OCCCCC(=O)OCCN(CCc1c[nH]c2ccccc12)Cc1ccc(/C=C/C(=O)NO)cc1. The van der Waals surface area contributed by atoms with Crippen LogP contribution in [0.3, 0.4) is 0 Å². The van der Waals surface area contributed by atoms with Crippen molar-refractivity contribution < 1.29 is 24.3 Å². The summed E-state index contributed by atoms with van der Waals surface area (Å²) in [7, 11) is 0. The van der Waals surface area contributed by atoms with Gasteiger partial charge in [0.25, 0.3) is 5.91 Å². The molecule has 0 spiro atoms. The fraction of sp³-hybridized carbons (Fsp3) is 0.400. The molecule has 204 valence electrons. The highest BCUT2D eigenvalue weighted by Gasteiger charge is 2.11. The molecule has 2 aromatic carbocycles. The lowest BCUT2D eigenvalue weighted by Gasteiger charge is -2.22. The number of unbranched alkanes of at least 4 members (excludes halogenated alkanes) is 1. The average molecular weight is 522 g/mol. The molecule has 0 aliphatic heterocycles. The van der Waals surface area contributed by atoms with Gasteiger partial charge < -0.3 is 14.5 Å². The van der Waals surface area contributed by atoms with E-state index in [4.69, 9.17) is 14.7 Å². The first kappa shape index (κ1) is 29.1. The van der Waals surface area contributed by atoms with Gasteiger partial charge in [-0.2, -0.15) is 0 Å². The fourth-order valence-electron chi connectivity index (χ4n) is 4.14. The van der Waals surface area contributed by atoms with Crippen molar-refractivity contribution in [1.82, 2.24) is 15.4 Å². The number of fused-ring (bicyclic) bond motifs is 1. The lowest BCUT2D eigenvalue weighted by molar-refractivity contribution is -0.144. The van der Waals surface area contributed by atoms with E-state index in [1.54, 1.807) is 11.6 Å². The number of rotatable bonds is 16. The van der Waals surface area contributed by atoms with E-state index in [-0.39, 0.29) is 12.1 Å². The van der Waals surface area contributed by atoms with Crippen molar-refractivity contribution in [2.75, 3.05) is 26.3 Å². The Morgan fingerprint density at radius 3 is 2.61 bits per heavy atom. The molecular formula is C30H39N3O5. The lowest BCUT2D eigenvalue weighted by Crippen LogP contribution is -2.30. The first-order chi connectivity index (χ1) is 18.4. The minimum atomic E-state index is -0.573. The maximum atomic E-state index is 12.2. The number of aromatic amines is 1. The molecule has 3 N–H and O–H groups in total. The van der Waals surface area contributed by atoms with Crippen LogP contribution in [0, 0.1) is 0 Å².